The Morgan fingerprint density at radius 3 is 2.71 bits per heavy atom. The van der Waals surface area contributed by atoms with E-state index in [-0.39, 0.29) is 26.2 Å². The average Bonchev–Trinajstić information content (AvgIpc) is 3.45. The molecule has 3 heterocycles. The number of likely N-dealkylation sites (N-methyl/N-ethyl adjacent to an activating group) is 1. The van der Waals surface area contributed by atoms with Gasteiger partial charge in [-0.15, -0.1) is 0 Å². The van der Waals surface area contributed by atoms with Crippen molar-refractivity contribution >= 4 is 27.7 Å². The highest BCUT2D eigenvalue weighted by Crippen LogP contribution is 2.37. The first kappa shape index (κ1) is 23.1. The number of amides is 1. The molecule has 3 aliphatic rings. The van der Waals surface area contributed by atoms with Gasteiger partial charge in [0, 0.05) is 45.6 Å². The summed E-state index contributed by atoms with van der Waals surface area (Å²) in [7, 11) is -2.40. The van der Waals surface area contributed by atoms with Crippen LogP contribution in [0, 0.1) is 0 Å². The van der Waals surface area contributed by atoms with E-state index >= 15 is 0 Å². The molecular formula is C25H36N4O4S. The molecule has 0 bridgehead atoms. The number of nitrogens with zero attached hydrogens (tertiary/aromatic N) is 2. The topological polar surface area (TPSA) is 94.7 Å². The van der Waals surface area contributed by atoms with E-state index in [2.05, 4.69) is 34.3 Å². The van der Waals surface area contributed by atoms with Gasteiger partial charge in [0.1, 0.15) is 0 Å². The number of aromatic amines is 1. The summed E-state index contributed by atoms with van der Waals surface area (Å²) in [6.07, 6.45) is 6.46. The van der Waals surface area contributed by atoms with E-state index < -0.39 is 10.0 Å². The third-order valence-corrected chi connectivity index (χ3v) is 8.70. The second kappa shape index (κ2) is 9.20. The number of hydrogen-bond donors (Lipinski definition) is 2. The number of carbonyl (C=O) groups excluding carboxylic acids is 1. The van der Waals surface area contributed by atoms with E-state index in [0.717, 1.165) is 65.7 Å². The molecule has 1 aromatic heterocycles. The number of carbonyl (C=O) groups is 1. The Morgan fingerprint density at radius 2 is 2.00 bits per heavy atom. The van der Waals surface area contributed by atoms with Crippen LogP contribution in [0.4, 0.5) is 5.69 Å². The molecular weight excluding hydrogens is 452 g/mol. The molecule has 2 N–H and O–H groups in total. The number of hydrogen-bond acceptors (Lipinski definition) is 5. The minimum Gasteiger partial charge on any atom is -0.377 e. The standard InChI is InChI=1S/C25H32N4O4S.2H2/c1-17-5-6-18-12-23(27-22(18)11-17)21-13-20(7-8-24(21)29-9-3-4-10-29)34(31,32)28(2)14-25(30)26-19-15-33-16-19;;/h7-8,11-13,19,27H,3-6,9-10,14-16H2,1-2H3,(H,26,30);2*1H. The van der Waals surface area contributed by atoms with Crippen molar-refractivity contribution in [3.63, 3.8) is 0 Å². The van der Waals surface area contributed by atoms with Crippen LogP contribution in [-0.2, 0) is 26.0 Å². The van der Waals surface area contributed by atoms with Crippen LogP contribution in [0.25, 0.3) is 17.3 Å². The molecule has 8 nitrogen and oxygen atoms in total. The SMILES string of the molecule is CC1=Cc2[nH]c(-c3cc(S(=O)(=O)N(C)CC(=O)NC4COC4)ccc3N3CCCC3)cc2CC1.[HH].[HH]. The molecule has 1 aliphatic carbocycles. The third-order valence-electron chi connectivity index (χ3n) is 6.90. The first-order valence-electron chi connectivity index (χ1n) is 11.9. The average molecular weight is 489 g/mol. The highest BCUT2D eigenvalue weighted by atomic mass is 32.2. The van der Waals surface area contributed by atoms with Gasteiger partial charge in [0.2, 0.25) is 15.9 Å². The quantitative estimate of drug-likeness (QED) is 0.624. The van der Waals surface area contributed by atoms with Crippen LogP contribution in [0.5, 0.6) is 0 Å². The maximum Gasteiger partial charge on any atom is 0.243 e. The lowest BCUT2D eigenvalue weighted by molar-refractivity contribution is -0.125. The number of aryl methyl sites for hydroxylation is 1. The van der Waals surface area contributed by atoms with Crippen molar-refractivity contribution in [1.82, 2.24) is 14.6 Å². The summed E-state index contributed by atoms with van der Waals surface area (Å²) in [4.78, 5) is 18.3. The summed E-state index contributed by atoms with van der Waals surface area (Å²) >= 11 is 0. The monoisotopic (exact) mass is 488 g/mol. The van der Waals surface area contributed by atoms with Crippen molar-refractivity contribution in [1.29, 1.82) is 0 Å². The van der Waals surface area contributed by atoms with Gasteiger partial charge in [-0.25, -0.2) is 8.42 Å². The summed E-state index contributed by atoms with van der Waals surface area (Å²) in [5.74, 6) is -0.326. The number of benzene rings is 1. The summed E-state index contributed by atoms with van der Waals surface area (Å²) in [6.45, 7) is 4.77. The van der Waals surface area contributed by atoms with E-state index in [1.807, 2.05) is 6.07 Å². The fourth-order valence-corrected chi connectivity index (χ4v) is 5.98. The van der Waals surface area contributed by atoms with Crippen molar-refractivity contribution in [3.05, 3.63) is 41.1 Å². The number of fused-ring (bicyclic) bond motifs is 1. The van der Waals surface area contributed by atoms with E-state index in [1.165, 1.54) is 18.2 Å². The number of H-pyrrole nitrogens is 1. The van der Waals surface area contributed by atoms with Crippen LogP contribution >= 0.6 is 0 Å². The Morgan fingerprint density at radius 1 is 1.24 bits per heavy atom. The Bertz CT molecular complexity index is 1230. The number of sulfonamides is 1. The number of rotatable bonds is 7. The summed E-state index contributed by atoms with van der Waals surface area (Å²) < 4.78 is 32.9. The lowest BCUT2D eigenvalue weighted by atomic mass is 9.98. The molecule has 0 radical (unpaired) electrons. The summed E-state index contributed by atoms with van der Waals surface area (Å²) in [6, 6.07) is 7.44. The highest BCUT2D eigenvalue weighted by molar-refractivity contribution is 7.89. The molecule has 1 aromatic carbocycles. The molecule has 186 valence electrons. The third kappa shape index (κ3) is 4.52. The fourth-order valence-electron chi connectivity index (χ4n) is 4.83. The molecule has 1 amide bonds. The maximum absolute atomic E-state index is 13.4. The summed E-state index contributed by atoms with van der Waals surface area (Å²) in [5.41, 5.74) is 6.56. The second-order valence-electron chi connectivity index (χ2n) is 9.55. The molecule has 2 aromatic rings. The van der Waals surface area contributed by atoms with Crippen molar-refractivity contribution < 1.29 is 20.8 Å². The molecule has 5 rings (SSSR count). The molecule has 0 atom stereocenters. The van der Waals surface area contributed by atoms with Gasteiger partial charge in [0.15, 0.2) is 0 Å². The van der Waals surface area contributed by atoms with Gasteiger partial charge in [-0.05, 0) is 68.5 Å². The van der Waals surface area contributed by atoms with Gasteiger partial charge in [-0.3, -0.25) is 4.79 Å². The van der Waals surface area contributed by atoms with Gasteiger partial charge in [0.25, 0.3) is 0 Å². The Hall–Kier alpha value is -2.62. The molecule has 2 fully saturated rings. The lowest BCUT2D eigenvalue weighted by Gasteiger charge is -2.27. The largest absolute Gasteiger partial charge is 0.377 e. The lowest BCUT2D eigenvalue weighted by Crippen LogP contribution is -2.51. The van der Waals surface area contributed by atoms with Crippen LogP contribution < -0.4 is 10.2 Å². The predicted octanol–water partition coefficient (Wildman–Crippen LogP) is 3.26. The number of aromatic nitrogens is 1. The molecule has 0 saturated carbocycles. The van der Waals surface area contributed by atoms with Crippen LogP contribution in [0.3, 0.4) is 0 Å². The Balaban J connectivity index is 0.00000180. The molecule has 2 aliphatic heterocycles. The van der Waals surface area contributed by atoms with Crippen molar-refractivity contribution in [2.75, 3.05) is 44.8 Å². The van der Waals surface area contributed by atoms with Crippen LogP contribution in [0.1, 0.15) is 40.3 Å². The van der Waals surface area contributed by atoms with Crippen molar-refractivity contribution in [3.8, 4) is 11.3 Å². The zero-order chi connectivity index (χ0) is 23.9. The van der Waals surface area contributed by atoms with Gasteiger partial charge < -0.3 is 19.9 Å². The fraction of sp³-hybridized carbons (Fsp3) is 0.480. The highest BCUT2D eigenvalue weighted by Gasteiger charge is 2.28. The van der Waals surface area contributed by atoms with Crippen LogP contribution in [0.2, 0.25) is 0 Å². The molecule has 2 saturated heterocycles. The first-order valence-corrected chi connectivity index (χ1v) is 13.4. The predicted molar refractivity (Wildman–Crippen MR) is 136 cm³/mol. The van der Waals surface area contributed by atoms with Crippen molar-refractivity contribution in [2.45, 2.75) is 43.5 Å². The molecule has 0 spiro atoms. The van der Waals surface area contributed by atoms with Crippen LogP contribution in [-0.4, -0.2) is 69.6 Å². The molecule has 34 heavy (non-hydrogen) atoms. The number of anilines is 1. The Labute approximate surface area is 204 Å². The van der Waals surface area contributed by atoms with E-state index in [0.29, 0.717) is 13.2 Å². The van der Waals surface area contributed by atoms with E-state index in [1.54, 1.807) is 12.1 Å². The maximum atomic E-state index is 13.4. The zero-order valence-electron chi connectivity index (χ0n) is 19.8. The molecule has 0 unspecified atom stereocenters. The van der Waals surface area contributed by atoms with Gasteiger partial charge >= 0.3 is 0 Å². The number of nitrogens with one attached hydrogen (secondary N) is 2. The summed E-state index contributed by atoms with van der Waals surface area (Å²) in [5, 5.41) is 2.80. The number of allylic oxidation sites excluding steroid dienone is 1. The van der Waals surface area contributed by atoms with Gasteiger partial charge in [-0.1, -0.05) is 5.57 Å². The molecule has 9 heteroatoms. The van der Waals surface area contributed by atoms with Crippen molar-refractivity contribution in [2.24, 2.45) is 0 Å². The normalized spacial score (nSPS) is 18.6. The van der Waals surface area contributed by atoms with E-state index in [9.17, 15) is 13.2 Å². The smallest absolute Gasteiger partial charge is 0.243 e. The second-order valence-corrected chi connectivity index (χ2v) is 11.6. The van der Waals surface area contributed by atoms with Crippen LogP contribution in [0.15, 0.2) is 34.7 Å². The minimum atomic E-state index is -3.84. The Kier molecular flexibility index (Phi) is 6.26. The zero-order valence-corrected chi connectivity index (χ0v) is 20.6. The van der Waals surface area contributed by atoms with Gasteiger partial charge in [-0.2, -0.15) is 4.31 Å². The first-order chi connectivity index (χ1) is 16.3. The van der Waals surface area contributed by atoms with Gasteiger partial charge in [0.05, 0.1) is 30.7 Å². The minimum absolute atomic E-state index is 0. The van der Waals surface area contributed by atoms with E-state index in [4.69, 9.17) is 4.74 Å². The number of ether oxygens (including phenoxy) is 1.